The summed E-state index contributed by atoms with van der Waals surface area (Å²) < 4.78 is 19.0. The van der Waals surface area contributed by atoms with Crippen LogP contribution < -0.4 is 21.7 Å². The fourth-order valence-electron chi connectivity index (χ4n) is 0.167. The van der Waals surface area contributed by atoms with Crippen molar-refractivity contribution >= 4 is 6.16 Å². The van der Waals surface area contributed by atoms with E-state index in [-0.39, 0.29) is 0 Å². The first-order valence-electron chi connectivity index (χ1n) is 4.77. The van der Waals surface area contributed by atoms with Gasteiger partial charge < -0.3 is 45.4 Å². The average molecular weight is 272 g/mol. The molecule has 0 aliphatic heterocycles. The van der Waals surface area contributed by atoms with Gasteiger partial charge in [0.1, 0.15) is 0 Å². The lowest BCUT2D eigenvalue weighted by atomic mass is 10.6. The largest absolute Gasteiger partial charge is 0.652 e. The maximum absolute atomic E-state index is 8.33. The van der Waals surface area contributed by atoms with E-state index in [0.29, 0.717) is 0 Å². The molecule has 6 N–H and O–H groups in total. The second kappa shape index (κ2) is 11.1. The smallest absolute Gasteiger partial charge is 0.310 e. The monoisotopic (exact) mass is 272 g/mol. The Hall–Kier alpha value is -0.970. The van der Waals surface area contributed by atoms with Gasteiger partial charge in [0.05, 0.1) is 0 Å². The lowest BCUT2D eigenvalue weighted by Crippen LogP contribution is -2.73. The van der Waals surface area contributed by atoms with Crippen LogP contribution in [0.5, 0.6) is 0 Å². The van der Waals surface area contributed by atoms with E-state index >= 15 is 0 Å². The van der Waals surface area contributed by atoms with Crippen LogP contribution in [-0.4, -0.2) is 46.4 Å². The minimum absolute atomic E-state index is 0.667. The van der Waals surface area contributed by atoms with Gasteiger partial charge in [-0.05, 0) is 6.16 Å². The molecule has 0 aromatic carbocycles. The molecule has 0 saturated heterocycles. The Balaban J connectivity index is -0.000000196. The minimum atomic E-state index is -2.33. The summed E-state index contributed by atoms with van der Waals surface area (Å²) in [6.07, 6.45) is -2.33. The highest BCUT2D eigenvalue weighted by Gasteiger charge is 2.18. The zero-order valence-corrected chi connectivity index (χ0v) is 11.8. The van der Waals surface area contributed by atoms with Gasteiger partial charge in [-0.25, -0.2) is 0 Å². The van der Waals surface area contributed by atoms with E-state index in [2.05, 4.69) is 11.5 Å². The van der Waals surface area contributed by atoms with Crippen molar-refractivity contribution in [3.8, 4) is 0 Å². The van der Waals surface area contributed by atoms with Gasteiger partial charge in [0.2, 0.25) is 0 Å². The third-order valence-corrected chi connectivity index (χ3v) is 1.73. The van der Waals surface area contributed by atoms with Crippen molar-refractivity contribution in [2.45, 2.75) is 25.7 Å². The SMILES string of the molecule is COC(C)([NH3+])OC.COC(C)([NH3+])OC.O=C([O-])[O-]. The van der Waals surface area contributed by atoms with E-state index in [1.54, 1.807) is 42.3 Å². The molecule has 0 atom stereocenters. The number of rotatable bonds is 4. The van der Waals surface area contributed by atoms with E-state index in [1.165, 1.54) is 0 Å². The highest BCUT2D eigenvalue weighted by atomic mass is 16.7. The van der Waals surface area contributed by atoms with E-state index in [9.17, 15) is 0 Å². The Kier molecular flexibility index (Phi) is 13.8. The number of carbonyl (C=O) groups is 1. The molecule has 0 spiro atoms. The molecule has 0 amide bonds. The number of hydrogen-bond donors (Lipinski definition) is 2. The fourth-order valence-corrected chi connectivity index (χ4v) is 0.167. The Bertz CT molecular complexity index is 177. The summed E-state index contributed by atoms with van der Waals surface area (Å²) in [4.78, 5) is 8.33. The standard InChI is InChI=1S/2C4H11NO2.CH2O3/c2*1-4(5,6-2)7-3;2-1(3)4/h2*5H2,1-3H3;(H2,2,3,4). The second-order valence-corrected chi connectivity index (χ2v) is 3.33. The molecular weight excluding hydrogens is 248 g/mol. The Labute approximate surface area is 107 Å². The molecule has 0 heterocycles. The van der Waals surface area contributed by atoms with E-state index in [4.69, 9.17) is 34.0 Å². The van der Waals surface area contributed by atoms with Gasteiger partial charge in [0.15, 0.2) is 0 Å². The summed E-state index contributed by atoms with van der Waals surface area (Å²) in [5.74, 6) is -1.33. The van der Waals surface area contributed by atoms with Crippen LogP contribution in [0.3, 0.4) is 0 Å². The quantitative estimate of drug-likeness (QED) is 0.493. The third-order valence-electron chi connectivity index (χ3n) is 1.73. The molecule has 0 aliphatic rings. The van der Waals surface area contributed by atoms with Crippen LogP contribution in [0.15, 0.2) is 0 Å². The summed E-state index contributed by atoms with van der Waals surface area (Å²) in [5, 5.41) is 16.7. The first-order valence-corrected chi connectivity index (χ1v) is 4.77. The van der Waals surface area contributed by atoms with Crippen LogP contribution in [0, 0.1) is 0 Å². The molecule has 0 unspecified atom stereocenters. The van der Waals surface area contributed by atoms with Gasteiger partial charge in [-0.15, -0.1) is 0 Å². The first kappa shape index (κ1) is 22.2. The van der Waals surface area contributed by atoms with Gasteiger partial charge in [-0.1, -0.05) is 0 Å². The van der Waals surface area contributed by atoms with E-state index < -0.39 is 18.0 Å². The fraction of sp³-hybridized carbons (Fsp3) is 0.889. The summed E-state index contributed by atoms with van der Waals surface area (Å²) in [7, 11) is 6.21. The number of ether oxygens (including phenoxy) is 4. The van der Waals surface area contributed by atoms with E-state index in [0.717, 1.165) is 0 Å². The molecular formula is C9H24N2O7. The Morgan fingerprint density at radius 3 is 0.944 bits per heavy atom. The molecule has 0 radical (unpaired) electrons. The van der Waals surface area contributed by atoms with Crippen molar-refractivity contribution < 1.29 is 45.4 Å². The number of carbonyl (C=O) groups excluding carboxylic acids is 1. The predicted molar refractivity (Wildman–Crippen MR) is 56.0 cm³/mol. The van der Waals surface area contributed by atoms with Gasteiger partial charge >= 0.3 is 11.8 Å². The Morgan fingerprint density at radius 2 is 0.944 bits per heavy atom. The normalized spacial score (nSPS) is 10.7. The van der Waals surface area contributed by atoms with Crippen molar-refractivity contribution in [1.82, 2.24) is 0 Å². The number of carboxylic acid groups (broad SMARTS) is 2. The van der Waals surface area contributed by atoms with Gasteiger partial charge in [0.25, 0.3) is 0 Å². The molecule has 0 aliphatic carbocycles. The topological polar surface area (TPSA) is 155 Å². The summed E-state index contributed by atoms with van der Waals surface area (Å²) in [6, 6.07) is 0. The zero-order chi connectivity index (χ0) is 15.4. The van der Waals surface area contributed by atoms with Crippen molar-refractivity contribution in [3.63, 3.8) is 0 Å². The molecule has 0 fully saturated rings. The second-order valence-electron chi connectivity index (χ2n) is 3.33. The molecule has 0 bridgehead atoms. The molecule has 112 valence electrons. The summed E-state index contributed by atoms with van der Waals surface area (Å²) in [6.45, 7) is 3.49. The molecule has 18 heavy (non-hydrogen) atoms. The predicted octanol–water partition coefficient (Wildman–Crippen LogP) is -4.06. The lowest BCUT2D eigenvalue weighted by Gasteiger charge is -2.14. The lowest BCUT2D eigenvalue weighted by molar-refractivity contribution is -0.620. The number of quaternary nitrogens is 2. The molecule has 9 nitrogen and oxygen atoms in total. The molecule has 9 heteroatoms. The van der Waals surface area contributed by atoms with Crippen LogP contribution in [-0.2, 0) is 18.9 Å². The van der Waals surface area contributed by atoms with Crippen LogP contribution >= 0.6 is 0 Å². The molecule has 0 rings (SSSR count). The maximum atomic E-state index is 8.33. The zero-order valence-electron chi connectivity index (χ0n) is 11.8. The third kappa shape index (κ3) is 24.3. The summed E-state index contributed by atoms with van der Waals surface area (Å²) in [5.41, 5.74) is 7.12. The van der Waals surface area contributed by atoms with Crippen LogP contribution in [0.2, 0.25) is 0 Å². The first-order chi connectivity index (χ1) is 7.97. The van der Waals surface area contributed by atoms with Crippen LogP contribution in [0.4, 0.5) is 4.79 Å². The number of methoxy groups -OCH3 is 4. The highest BCUT2D eigenvalue weighted by molar-refractivity contribution is 5.47. The van der Waals surface area contributed by atoms with Gasteiger partial charge in [-0.3, -0.25) is 0 Å². The maximum Gasteiger partial charge on any atom is 0.310 e. The van der Waals surface area contributed by atoms with Gasteiger partial charge in [-0.2, -0.15) is 0 Å². The van der Waals surface area contributed by atoms with Crippen molar-refractivity contribution in [2.75, 3.05) is 28.4 Å². The van der Waals surface area contributed by atoms with Crippen LogP contribution in [0.1, 0.15) is 13.8 Å². The van der Waals surface area contributed by atoms with Crippen molar-refractivity contribution in [3.05, 3.63) is 0 Å². The minimum Gasteiger partial charge on any atom is -0.652 e. The van der Waals surface area contributed by atoms with Crippen LogP contribution in [0.25, 0.3) is 0 Å². The Morgan fingerprint density at radius 1 is 0.833 bits per heavy atom. The number of hydrogen-bond acceptors (Lipinski definition) is 7. The van der Waals surface area contributed by atoms with Crippen molar-refractivity contribution in [2.24, 2.45) is 0 Å². The van der Waals surface area contributed by atoms with Gasteiger partial charge in [0, 0.05) is 42.3 Å². The van der Waals surface area contributed by atoms with Crippen molar-refractivity contribution in [1.29, 1.82) is 0 Å². The van der Waals surface area contributed by atoms with E-state index in [1.807, 2.05) is 0 Å². The highest BCUT2D eigenvalue weighted by Crippen LogP contribution is 1.93. The summed E-state index contributed by atoms with van der Waals surface area (Å²) >= 11 is 0. The average Bonchev–Trinajstić information content (AvgIpc) is 2.29. The molecule has 0 aromatic rings. The molecule has 0 saturated carbocycles. The molecule has 0 aromatic heterocycles.